The van der Waals surface area contributed by atoms with Crippen LogP contribution in [0.1, 0.15) is 17.3 Å². The first-order chi connectivity index (χ1) is 12.2. The Kier molecular flexibility index (Phi) is 5.50. The Morgan fingerprint density at radius 2 is 1.76 bits per heavy atom. The molecule has 6 nitrogen and oxygen atoms in total. The number of nitrogens with zero attached hydrogens (tertiary/aromatic N) is 3. The lowest BCUT2D eigenvalue weighted by Gasteiger charge is -2.34. The molecule has 0 atom stereocenters. The number of benzene rings is 1. The topological polar surface area (TPSA) is 57.6 Å². The number of carbonyl (C=O) groups is 2. The maximum absolute atomic E-state index is 12.8. The zero-order chi connectivity index (χ0) is 17.6. The number of aromatic nitrogens is 1. The second-order valence-corrected chi connectivity index (χ2v) is 6.16. The Labute approximate surface area is 148 Å². The first-order valence-electron chi connectivity index (χ1n) is 8.69. The molecule has 3 rings (SSSR count). The maximum Gasteiger partial charge on any atom is 0.254 e. The third-order valence-corrected chi connectivity index (χ3v) is 4.40. The fraction of sp³-hybridized carbons (Fsp3) is 0.368. The molecule has 1 aromatic heterocycles. The molecule has 132 valence electrons. The number of hydrogen-bond acceptors (Lipinski definition) is 3. The van der Waals surface area contributed by atoms with Gasteiger partial charge in [-0.25, -0.2) is 0 Å². The van der Waals surface area contributed by atoms with Crippen molar-refractivity contribution < 1.29 is 9.59 Å². The van der Waals surface area contributed by atoms with E-state index in [0.717, 1.165) is 18.8 Å². The molecule has 0 unspecified atom stereocenters. The summed E-state index contributed by atoms with van der Waals surface area (Å²) in [5.74, 6) is 0.0911. The second kappa shape index (κ2) is 7.98. The number of piperazine rings is 1. The lowest BCUT2D eigenvalue weighted by molar-refractivity contribution is -0.122. The number of carbonyl (C=O) groups excluding carboxylic acids is 2. The highest BCUT2D eigenvalue weighted by Crippen LogP contribution is 2.14. The van der Waals surface area contributed by atoms with Gasteiger partial charge in [0.05, 0.1) is 6.54 Å². The van der Waals surface area contributed by atoms with Gasteiger partial charge in [0.2, 0.25) is 5.91 Å². The zero-order valence-corrected chi connectivity index (χ0v) is 14.5. The van der Waals surface area contributed by atoms with Crippen LogP contribution in [0.4, 0.5) is 0 Å². The molecule has 1 N–H and O–H groups in total. The summed E-state index contributed by atoms with van der Waals surface area (Å²) in [6.07, 6.45) is 3.92. The molecular weight excluding hydrogens is 316 g/mol. The first-order valence-corrected chi connectivity index (χ1v) is 8.69. The van der Waals surface area contributed by atoms with E-state index in [0.29, 0.717) is 31.7 Å². The zero-order valence-electron chi connectivity index (χ0n) is 14.5. The molecule has 0 saturated carbocycles. The molecule has 1 aliphatic heterocycles. The van der Waals surface area contributed by atoms with Crippen LogP contribution >= 0.6 is 0 Å². The van der Waals surface area contributed by atoms with Crippen molar-refractivity contribution in [2.75, 3.05) is 39.3 Å². The van der Waals surface area contributed by atoms with Crippen molar-refractivity contribution in [3.05, 3.63) is 54.4 Å². The Bertz CT molecular complexity index is 719. The van der Waals surface area contributed by atoms with Gasteiger partial charge in [0, 0.05) is 56.4 Å². The molecule has 0 bridgehead atoms. The van der Waals surface area contributed by atoms with E-state index in [-0.39, 0.29) is 11.8 Å². The van der Waals surface area contributed by atoms with Gasteiger partial charge in [-0.2, -0.15) is 0 Å². The molecule has 6 heteroatoms. The largest absolute Gasteiger partial charge is 0.355 e. The summed E-state index contributed by atoms with van der Waals surface area (Å²) in [6.45, 7) is 5.70. The van der Waals surface area contributed by atoms with Crippen LogP contribution in [-0.4, -0.2) is 65.4 Å². The van der Waals surface area contributed by atoms with E-state index in [1.165, 1.54) is 0 Å². The number of amides is 2. The average molecular weight is 340 g/mol. The minimum Gasteiger partial charge on any atom is -0.355 e. The van der Waals surface area contributed by atoms with E-state index in [9.17, 15) is 9.59 Å². The molecule has 0 spiro atoms. The summed E-state index contributed by atoms with van der Waals surface area (Å²) in [7, 11) is 0. The Morgan fingerprint density at radius 1 is 1.04 bits per heavy atom. The highest BCUT2D eigenvalue weighted by atomic mass is 16.2. The van der Waals surface area contributed by atoms with E-state index in [1.807, 2.05) is 65.2 Å². The van der Waals surface area contributed by atoms with Gasteiger partial charge in [-0.05, 0) is 37.3 Å². The molecule has 2 heterocycles. The number of hydrogen-bond donors (Lipinski definition) is 1. The maximum atomic E-state index is 12.8. The van der Waals surface area contributed by atoms with Gasteiger partial charge in [0.1, 0.15) is 0 Å². The van der Waals surface area contributed by atoms with Gasteiger partial charge >= 0.3 is 0 Å². The minimum atomic E-state index is 0.0432. The quantitative estimate of drug-likeness (QED) is 0.894. The fourth-order valence-corrected chi connectivity index (χ4v) is 3.05. The molecule has 2 amide bonds. The molecule has 2 aromatic rings. The van der Waals surface area contributed by atoms with Gasteiger partial charge < -0.3 is 14.8 Å². The summed E-state index contributed by atoms with van der Waals surface area (Å²) in [5.41, 5.74) is 1.68. The monoisotopic (exact) mass is 340 g/mol. The van der Waals surface area contributed by atoms with Crippen molar-refractivity contribution in [3.8, 4) is 5.69 Å². The van der Waals surface area contributed by atoms with E-state index < -0.39 is 0 Å². The fourth-order valence-electron chi connectivity index (χ4n) is 3.05. The molecule has 0 radical (unpaired) electrons. The molecule has 25 heavy (non-hydrogen) atoms. The van der Waals surface area contributed by atoms with Crippen LogP contribution in [-0.2, 0) is 4.79 Å². The minimum absolute atomic E-state index is 0.0432. The molecule has 1 saturated heterocycles. The molecule has 0 aliphatic carbocycles. The highest BCUT2D eigenvalue weighted by Gasteiger charge is 2.23. The Balaban J connectivity index is 1.60. The van der Waals surface area contributed by atoms with Gasteiger partial charge in [-0.3, -0.25) is 14.5 Å². The lowest BCUT2D eigenvalue weighted by atomic mass is 10.1. The predicted octanol–water partition coefficient (Wildman–Crippen LogP) is 1.37. The lowest BCUT2D eigenvalue weighted by Crippen LogP contribution is -2.51. The van der Waals surface area contributed by atoms with Crippen molar-refractivity contribution in [3.63, 3.8) is 0 Å². The van der Waals surface area contributed by atoms with Crippen molar-refractivity contribution in [2.24, 2.45) is 0 Å². The molecule has 1 fully saturated rings. The number of likely N-dealkylation sites (N-methyl/N-ethyl adjacent to an activating group) is 1. The standard InChI is InChI=1S/C19H24N4O2/c1-2-20-18(24)15-21-10-12-23(13-11-21)19(25)16-6-5-7-17(14-16)22-8-3-4-9-22/h3-9,14H,2,10-13,15H2,1H3,(H,20,24). The SMILES string of the molecule is CCNC(=O)CN1CCN(C(=O)c2cccc(-n3cccc3)c2)CC1. The van der Waals surface area contributed by atoms with E-state index >= 15 is 0 Å². The van der Waals surface area contributed by atoms with Crippen LogP contribution in [0.2, 0.25) is 0 Å². The number of rotatable bonds is 5. The van der Waals surface area contributed by atoms with Gasteiger partial charge in [0.15, 0.2) is 0 Å². The van der Waals surface area contributed by atoms with Crippen molar-refractivity contribution in [1.29, 1.82) is 0 Å². The van der Waals surface area contributed by atoms with E-state index in [1.54, 1.807) is 0 Å². The molecule has 1 aromatic carbocycles. The van der Waals surface area contributed by atoms with Crippen molar-refractivity contribution in [1.82, 2.24) is 19.7 Å². The van der Waals surface area contributed by atoms with Crippen molar-refractivity contribution >= 4 is 11.8 Å². The predicted molar refractivity (Wildman–Crippen MR) is 96.8 cm³/mol. The summed E-state index contributed by atoms with van der Waals surface area (Å²) >= 11 is 0. The number of nitrogens with one attached hydrogen (secondary N) is 1. The normalized spacial score (nSPS) is 15.2. The summed E-state index contributed by atoms with van der Waals surface area (Å²) in [5, 5.41) is 2.81. The van der Waals surface area contributed by atoms with Crippen LogP contribution in [0.3, 0.4) is 0 Å². The van der Waals surface area contributed by atoms with Gasteiger partial charge in [0.25, 0.3) is 5.91 Å². The van der Waals surface area contributed by atoms with Crippen LogP contribution in [0.25, 0.3) is 5.69 Å². The molecule has 1 aliphatic rings. The second-order valence-electron chi connectivity index (χ2n) is 6.16. The van der Waals surface area contributed by atoms with Crippen LogP contribution < -0.4 is 5.32 Å². The summed E-state index contributed by atoms with van der Waals surface area (Å²) in [6, 6.07) is 11.6. The van der Waals surface area contributed by atoms with Gasteiger partial charge in [-0.1, -0.05) is 6.07 Å². The van der Waals surface area contributed by atoms with Crippen molar-refractivity contribution in [2.45, 2.75) is 6.92 Å². The Hall–Kier alpha value is -2.60. The third-order valence-electron chi connectivity index (χ3n) is 4.40. The summed E-state index contributed by atoms with van der Waals surface area (Å²) < 4.78 is 1.99. The third kappa shape index (κ3) is 4.28. The Morgan fingerprint density at radius 3 is 2.44 bits per heavy atom. The van der Waals surface area contributed by atoms with E-state index in [2.05, 4.69) is 10.2 Å². The molecular formula is C19H24N4O2. The van der Waals surface area contributed by atoms with E-state index in [4.69, 9.17) is 0 Å². The van der Waals surface area contributed by atoms with Crippen LogP contribution in [0, 0.1) is 0 Å². The summed E-state index contributed by atoms with van der Waals surface area (Å²) in [4.78, 5) is 28.4. The highest BCUT2D eigenvalue weighted by molar-refractivity contribution is 5.94. The van der Waals surface area contributed by atoms with Gasteiger partial charge in [-0.15, -0.1) is 0 Å². The first kappa shape index (κ1) is 17.2. The average Bonchev–Trinajstić information content (AvgIpc) is 3.17. The van der Waals surface area contributed by atoms with Crippen LogP contribution in [0.5, 0.6) is 0 Å². The van der Waals surface area contributed by atoms with Crippen LogP contribution in [0.15, 0.2) is 48.8 Å². The smallest absolute Gasteiger partial charge is 0.254 e.